The van der Waals surface area contributed by atoms with Gasteiger partial charge in [0.15, 0.2) is 0 Å². The van der Waals surface area contributed by atoms with Crippen LogP contribution in [0.2, 0.25) is 0 Å². The predicted molar refractivity (Wildman–Crippen MR) is 170 cm³/mol. The maximum atomic E-state index is 6.58. The average Bonchev–Trinajstić information content (AvgIpc) is 3.35. The highest BCUT2D eigenvalue weighted by molar-refractivity contribution is 5.67. The third kappa shape index (κ3) is 5.40. The van der Waals surface area contributed by atoms with E-state index in [2.05, 4.69) is 41.2 Å². The first-order valence-electron chi connectivity index (χ1n) is 17.4. The van der Waals surface area contributed by atoms with Crippen molar-refractivity contribution in [3.05, 3.63) is 36.4 Å². The smallest absolute Gasteiger partial charge is 0.202 e. The molecular formula is C38H58O4. The monoisotopic (exact) mass is 578 g/mol. The molecule has 0 amide bonds. The van der Waals surface area contributed by atoms with E-state index in [1.165, 1.54) is 64.2 Å². The first kappa shape index (κ1) is 30.7. The molecule has 0 aromatic heterocycles. The summed E-state index contributed by atoms with van der Waals surface area (Å²) in [6, 6.07) is 7.96. The summed E-state index contributed by atoms with van der Waals surface area (Å²) in [5.41, 5.74) is 2.87. The van der Waals surface area contributed by atoms with Gasteiger partial charge in [0.05, 0.1) is 13.7 Å². The fraction of sp³-hybridized carbons (Fsp3) is 0.789. The third-order valence-corrected chi connectivity index (χ3v) is 13.5. The second-order valence-corrected chi connectivity index (χ2v) is 16.0. The van der Waals surface area contributed by atoms with E-state index in [9.17, 15) is 0 Å². The summed E-state index contributed by atoms with van der Waals surface area (Å²) in [6.07, 6.45) is 15.5. The Morgan fingerprint density at radius 3 is 2.38 bits per heavy atom. The van der Waals surface area contributed by atoms with Crippen LogP contribution in [0.15, 0.2) is 30.8 Å². The van der Waals surface area contributed by atoms with Crippen LogP contribution in [0, 0.1) is 52.3 Å². The molecule has 1 saturated heterocycles. The molecule has 6 rings (SSSR count). The fourth-order valence-electron chi connectivity index (χ4n) is 11.0. The molecule has 10 atom stereocenters. The Morgan fingerprint density at radius 1 is 0.929 bits per heavy atom. The average molecular weight is 579 g/mol. The summed E-state index contributed by atoms with van der Waals surface area (Å²) in [4.78, 5) is 12.3. The molecule has 1 aromatic rings. The molecule has 4 heteroatoms. The zero-order valence-corrected chi connectivity index (χ0v) is 27.5. The summed E-state index contributed by atoms with van der Waals surface area (Å²) in [7, 11) is 1.68. The van der Waals surface area contributed by atoms with Gasteiger partial charge in [-0.3, -0.25) is 0 Å². The molecular weight excluding hydrogens is 520 g/mol. The van der Waals surface area contributed by atoms with Gasteiger partial charge in [0, 0.05) is 12.8 Å². The van der Waals surface area contributed by atoms with Crippen LogP contribution in [0.25, 0.3) is 5.57 Å². The van der Waals surface area contributed by atoms with E-state index in [-0.39, 0.29) is 6.10 Å². The Bertz CT molecular complexity index is 1090. The van der Waals surface area contributed by atoms with Crippen molar-refractivity contribution in [2.45, 2.75) is 124 Å². The number of ether oxygens (including phenoxy) is 2. The summed E-state index contributed by atoms with van der Waals surface area (Å²) >= 11 is 0. The van der Waals surface area contributed by atoms with E-state index in [0.717, 1.165) is 65.2 Å². The Morgan fingerprint density at radius 2 is 1.69 bits per heavy atom. The molecule has 0 radical (unpaired) electrons. The molecule has 1 heterocycles. The highest BCUT2D eigenvalue weighted by atomic mass is 17.2. The van der Waals surface area contributed by atoms with Crippen LogP contribution in [0.4, 0.5) is 0 Å². The van der Waals surface area contributed by atoms with Crippen molar-refractivity contribution >= 4 is 5.57 Å². The van der Waals surface area contributed by atoms with E-state index in [1.54, 1.807) is 7.11 Å². The Labute approximate surface area is 256 Å². The van der Waals surface area contributed by atoms with Crippen LogP contribution in [-0.2, 0) is 14.5 Å². The largest absolute Gasteiger partial charge is 0.497 e. The minimum atomic E-state index is -0.596. The van der Waals surface area contributed by atoms with Crippen molar-refractivity contribution in [3.8, 4) is 5.75 Å². The van der Waals surface area contributed by atoms with Gasteiger partial charge in [-0.25, -0.2) is 9.78 Å². The molecule has 4 saturated carbocycles. The van der Waals surface area contributed by atoms with Crippen LogP contribution >= 0.6 is 0 Å². The predicted octanol–water partition coefficient (Wildman–Crippen LogP) is 9.87. The zero-order valence-electron chi connectivity index (χ0n) is 27.5. The zero-order chi connectivity index (χ0) is 29.7. The second kappa shape index (κ2) is 11.9. The quantitative estimate of drug-likeness (QED) is 0.288. The lowest BCUT2D eigenvalue weighted by atomic mass is 9.44. The number of hydrogen-bond acceptors (Lipinski definition) is 4. The number of fused-ring (bicyclic) bond motifs is 5. The van der Waals surface area contributed by atoms with Gasteiger partial charge in [-0.05, 0) is 120 Å². The molecule has 1 spiro atoms. The fourth-order valence-corrected chi connectivity index (χ4v) is 11.0. The molecule has 42 heavy (non-hydrogen) atoms. The van der Waals surface area contributed by atoms with Gasteiger partial charge in [-0.1, -0.05) is 72.6 Å². The standard InChI is InChI=1S/C38H58O4/c1-25(2)9-8-10-26(3)32-17-18-33-31-16-13-29-23-38(22-21-36(29,5)34(31)19-20-37(32,33)6)40-24-35(41-42-38)27(4)28-11-14-30(39-7)15-12-28/h11-12,14-15,25-26,29,31-35H,4,8-10,13,16-24H2,1-3,5-7H3/t26-,29?,31+,32-,33+,34+,35?,36+,37-,38?/m1/s1. The Kier molecular flexibility index (Phi) is 8.66. The molecule has 5 fully saturated rings. The van der Waals surface area contributed by atoms with E-state index in [0.29, 0.717) is 23.4 Å². The van der Waals surface area contributed by atoms with Crippen molar-refractivity contribution in [3.63, 3.8) is 0 Å². The molecule has 234 valence electrons. The van der Waals surface area contributed by atoms with Crippen molar-refractivity contribution < 1.29 is 19.2 Å². The van der Waals surface area contributed by atoms with Gasteiger partial charge in [-0.15, -0.1) is 0 Å². The van der Waals surface area contributed by atoms with Gasteiger partial charge in [0.1, 0.15) is 11.9 Å². The minimum Gasteiger partial charge on any atom is -0.497 e. The second-order valence-electron chi connectivity index (χ2n) is 16.0. The van der Waals surface area contributed by atoms with Crippen LogP contribution < -0.4 is 4.74 Å². The molecule has 0 N–H and O–H groups in total. The van der Waals surface area contributed by atoms with Crippen molar-refractivity contribution in [2.75, 3.05) is 13.7 Å². The van der Waals surface area contributed by atoms with Crippen LogP contribution in [0.5, 0.6) is 5.75 Å². The maximum Gasteiger partial charge on any atom is 0.202 e. The van der Waals surface area contributed by atoms with Crippen LogP contribution in [0.3, 0.4) is 0 Å². The molecule has 3 unspecified atom stereocenters. The summed E-state index contributed by atoms with van der Waals surface area (Å²) in [5, 5.41) is 0. The summed E-state index contributed by atoms with van der Waals surface area (Å²) < 4.78 is 11.9. The maximum absolute atomic E-state index is 6.58. The minimum absolute atomic E-state index is 0.285. The van der Waals surface area contributed by atoms with Gasteiger partial charge in [0.25, 0.3) is 0 Å². The van der Waals surface area contributed by atoms with Gasteiger partial charge >= 0.3 is 0 Å². The van der Waals surface area contributed by atoms with Crippen molar-refractivity contribution in [2.24, 2.45) is 52.3 Å². The van der Waals surface area contributed by atoms with Gasteiger partial charge in [-0.2, -0.15) is 0 Å². The summed E-state index contributed by atoms with van der Waals surface area (Å²) in [5.74, 6) is 6.22. The third-order valence-electron chi connectivity index (χ3n) is 13.5. The SMILES string of the molecule is C=C(c1ccc(OC)cc1)C1COC2(CC[C@@]3(C)C(CC[C@H]4[C@@H]5CC[C@H]([C@H](C)CCCC(C)C)[C@@]5(C)CC[C@@H]43)C2)OO1. The number of benzene rings is 1. The van der Waals surface area contributed by atoms with Crippen molar-refractivity contribution in [1.82, 2.24) is 0 Å². The van der Waals surface area contributed by atoms with Crippen LogP contribution in [-0.4, -0.2) is 25.6 Å². The number of rotatable bonds is 8. The lowest BCUT2D eigenvalue weighted by Gasteiger charge is -2.62. The van der Waals surface area contributed by atoms with Crippen molar-refractivity contribution in [1.29, 1.82) is 0 Å². The van der Waals surface area contributed by atoms with E-state index >= 15 is 0 Å². The lowest BCUT2D eigenvalue weighted by Crippen LogP contribution is -2.58. The molecule has 5 aliphatic rings. The molecule has 1 aromatic carbocycles. The normalized spacial score (nSPS) is 42.1. The first-order chi connectivity index (χ1) is 20.1. The highest BCUT2D eigenvalue weighted by Crippen LogP contribution is 2.69. The molecule has 4 nitrogen and oxygen atoms in total. The Balaban J connectivity index is 1.07. The van der Waals surface area contributed by atoms with E-state index in [1.807, 2.05) is 24.3 Å². The summed E-state index contributed by atoms with van der Waals surface area (Å²) in [6.45, 7) is 17.5. The van der Waals surface area contributed by atoms with E-state index < -0.39 is 5.79 Å². The number of hydrogen-bond donors (Lipinski definition) is 0. The molecule has 1 aliphatic heterocycles. The van der Waals surface area contributed by atoms with Crippen LogP contribution in [0.1, 0.15) is 117 Å². The van der Waals surface area contributed by atoms with Gasteiger partial charge < -0.3 is 9.47 Å². The molecule has 0 bridgehead atoms. The lowest BCUT2D eigenvalue weighted by molar-refractivity contribution is -0.489. The highest BCUT2D eigenvalue weighted by Gasteiger charge is 2.62. The van der Waals surface area contributed by atoms with E-state index in [4.69, 9.17) is 19.2 Å². The Hall–Kier alpha value is -1.36. The molecule has 4 aliphatic carbocycles. The number of methoxy groups -OCH3 is 1. The first-order valence-corrected chi connectivity index (χ1v) is 17.4. The topological polar surface area (TPSA) is 36.9 Å². The van der Waals surface area contributed by atoms with Gasteiger partial charge in [0.2, 0.25) is 5.79 Å².